The zero-order valence-corrected chi connectivity index (χ0v) is 12.7. The first kappa shape index (κ1) is 17.3. The highest BCUT2D eigenvalue weighted by Gasteiger charge is 2.41. The van der Waals surface area contributed by atoms with Gasteiger partial charge in [-0.3, -0.25) is 9.59 Å². The molecular formula is C15H29NO2. The van der Waals surface area contributed by atoms with Gasteiger partial charge in [-0.1, -0.05) is 41.5 Å². The van der Waals surface area contributed by atoms with Crippen molar-refractivity contribution in [3.8, 4) is 0 Å². The molecule has 0 aliphatic rings. The van der Waals surface area contributed by atoms with E-state index in [-0.39, 0.29) is 29.3 Å². The van der Waals surface area contributed by atoms with Crippen molar-refractivity contribution in [3.05, 3.63) is 0 Å². The van der Waals surface area contributed by atoms with Gasteiger partial charge in [-0.15, -0.1) is 0 Å². The van der Waals surface area contributed by atoms with Crippen LogP contribution in [-0.4, -0.2) is 17.1 Å². The Balaban J connectivity index is 5.04. The molecule has 0 bridgehead atoms. The van der Waals surface area contributed by atoms with Crippen molar-refractivity contribution in [2.24, 2.45) is 23.5 Å². The van der Waals surface area contributed by atoms with Crippen LogP contribution in [0, 0.1) is 17.8 Å². The molecule has 106 valence electrons. The Hall–Kier alpha value is -0.700. The number of Topliss-reactive ketones (excluding diaryl/α,β-unsaturated/α-hetero) is 2. The first-order valence-electron chi connectivity index (χ1n) is 6.95. The van der Waals surface area contributed by atoms with Gasteiger partial charge >= 0.3 is 0 Å². The van der Waals surface area contributed by atoms with Crippen molar-refractivity contribution in [1.82, 2.24) is 0 Å². The fourth-order valence-corrected chi connectivity index (χ4v) is 2.13. The predicted molar refractivity (Wildman–Crippen MR) is 75.3 cm³/mol. The van der Waals surface area contributed by atoms with Crippen LogP contribution >= 0.6 is 0 Å². The Morgan fingerprint density at radius 2 is 1.17 bits per heavy atom. The minimum atomic E-state index is -1.28. The molecule has 18 heavy (non-hydrogen) atoms. The monoisotopic (exact) mass is 255 g/mol. The first-order valence-corrected chi connectivity index (χ1v) is 6.95. The molecule has 0 aliphatic heterocycles. The van der Waals surface area contributed by atoms with E-state index in [1.165, 1.54) is 0 Å². The van der Waals surface area contributed by atoms with Crippen molar-refractivity contribution in [2.45, 2.75) is 66.3 Å². The number of nitrogens with two attached hydrogens (primary N) is 1. The van der Waals surface area contributed by atoms with E-state index < -0.39 is 5.54 Å². The van der Waals surface area contributed by atoms with Crippen molar-refractivity contribution in [1.29, 1.82) is 0 Å². The van der Waals surface area contributed by atoms with Gasteiger partial charge in [0.1, 0.15) is 5.54 Å². The summed E-state index contributed by atoms with van der Waals surface area (Å²) in [5.74, 6) is 0.509. The lowest BCUT2D eigenvalue weighted by molar-refractivity contribution is -0.136. The van der Waals surface area contributed by atoms with Crippen LogP contribution in [0.2, 0.25) is 0 Å². The fraction of sp³-hybridized carbons (Fsp3) is 0.867. The lowest BCUT2D eigenvalue weighted by Gasteiger charge is -2.29. The summed E-state index contributed by atoms with van der Waals surface area (Å²) in [6.07, 6.45) is 1.21. The second-order valence-electron chi connectivity index (χ2n) is 6.61. The summed E-state index contributed by atoms with van der Waals surface area (Å²) >= 11 is 0. The molecular weight excluding hydrogens is 226 g/mol. The zero-order chi connectivity index (χ0) is 14.5. The third-order valence-electron chi connectivity index (χ3n) is 2.91. The highest BCUT2D eigenvalue weighted by molar-refractivity contribution is 6.11. The van der Waals surface area contributed by atoms with E-state index >= 15 is 0 Å². The molecule has 0 atom stereocenters. The van der Waals surface area contributed by atoms with Gasteiger partial charge in [0.2, 0.25) is 0 Å². The molecule has 0 saturated carbocycles. The minimum absolute atomic E-state index is 0.100. The average Bonchev–Trinajstić information content (AvgIpc) is 2.13. The van der Waals surface area contributed by atoms with Gasteiger partial charge < -0.3 is 5.73 Å². The zero-order valence-electron chi connectivity index (χ0n) is 12.7. The second-order valence-corrected chi connectivity index (χ2v) is 6.61. The summed E-state index contributed by atoms with van der Waals surface area (Å²) in [4.78, 5) is 24.6. The number of carbonyl (C=O) groups excluding carboxylic acids is 2. The summed E-state index contributed by atoms with van der Waals surface area (Å²) in [6.45, 7) is 11.9. The molecule has 0 saturated heterocycles. The Morgan fingerprint density at radius 3 is 1.39 bits per heavy atom. The van der Waals surface area contributed by atoms with E-state index in [2.05, 4.69) is 0 Å². The van der Waals surface area contributed by atoms with E-state index in [0.717, 1.165) is 0 Å². The van der Waals surface area contributed by atoms with Gasteiger partial charge in [-0.25, -0.2) is 0 Å². The highest BCUT2D eigenvalue weighted by atomic mass is 16.2. The van der Waals surface area contributed by atoms with Crippen LogP contribution in [0.4, 0.5) is 0 Å². The quantitative estimate of drug-likeness (QED) is 0.678. The lowest BCUT2D eigenvalue weighted by Crippen LogP contribution is -2.56. The lowest BCUT2D eigenvalue weighted by atomic mass is 9.77. The van der Waals surface area contributed by atoms with Gasteiger partial charge in [-0.2, -0.15) is 0 Å². The van der Waals surface area contributed by atoms with Crippen LogP contribution in [0.5, 0.6) is 0 Å². The molecule has 3 nitrogen and oxygen atoms in total. The molecule has 2 N–H and O–H groups in total. The highest BCUT2D eigenvalue weighted by Crippen LogP contribution is 2.23. The third kappa shape index (κ3) is 5.30. The number of carbonyl (C=O) groups is 2. The molecule has 0 rings (SSSR count). The van der Waals surface area contributed by atoms with Crippen molar-refractivity contribution < 1.29 is 9.59 Å². The molecule has 3 heteroatoms. The second kappa shape index (κ2) is 7.03. The van der Waals surface area contributed by atoms with Crippen LogP contribution in [0.3, 0.4) is 0 Å². The summed E-state index contributed by atoms with van der Waals surface area (Å²) in [6, 6.07) is 0. The maximum absolute atomic E-state index is 12.3. The topological polar surface area (TPSA) is 60.2 Å². The summed E-state index contributed by atoms with van der Waals surface area (Å²) in [7, 11) is 0. The van der Waals surface area contributed by atoms with Crippen molar-refractivity contribution in [2.75, 3.05) is 0 Å². The van der Waals surface area contributed by atoms with E-state index in [1.54, 1.807) is 0 Å². The maximum Gasteiger partial charge on any atom is 0.160 e. The molecule has 0 aromatic carbocycles. The number of ketones is 2. The molecule has 0 radical (unpaired) electrons. The minimum Gasteiger partial charge on any atom is -0.313 e. The van der Waals surface area contributed by atoms with Gasteiger partial charge in [0.15, 0.2) is 11.6 Å². The van der Waals surface area contributed by atoms with Gasteiger partial charge in [-0.05, 0) is 24.2 Å². The first-order chi connectivity index (χ1) is 8.09. The Morgan fingerprint density at radius 1 is 0.833 bits per heavy atom. The average molecular weight is 255 g/mol. The van der Waals surface area contributed by atoms with E-state index in [0.29, 0.717) is 19.3 Å². The Labute approximate surface area is 112 Å². The standard InChI is InChI=1S/C15H29NO2/c1-10(2)7-13(17)15(16,9-12(5)6)14(18)8-11(3)4/h10-12H,7-9,16H2,1-6H3. The fourth-order valence-electron chi connectivity index (χ4n) is 2.13. The maximum atomic E-state index is 12.3. The SMILES string of the molecule is CC(C)CC(=O)C(N)(CC(C)C)C(=O)CC(C)C. The Bertz CT molecular complexity index is 271. The molecule has 0 amide bonds. The van der Waals surface area contributed by atoms with E-state index in [4.69, 9.17) is 5.73 Å². The number of hydrogen-bond donors (Lipinski definition) is 1. The van der Waals surface area contributed by atoms with Crippen LogP contribution in [0.1, 0.15) is 60.8 Å². The Kier molecular flexibility index (Phi) is 6.76. The third-order valence-corrected chi connectivity index (χ3v) is 2.91. The molecule has 0 unspecified atom stereocenters. The summed E-state index contributed by atoms with van der Waals surface area (Å²) in [5, 5.41) is 0. The van der Waals surface area contributed by atoms with Crippen LogP contribution < -0.4 is 5.73 Å². The molecule has 0 aliphatic carbocycles. The molecule has 0 heterocycles. The summed E-state index contributed by atoms with van der Waals surface area (Å²) in [5.41, 5.74) is 4.91. The smallest absolute Gasteiger partial charge is 0.160 e. The largest absolute Gasteiger partial charge is 0.313 e. The molecule has 0 spiro atoms. The van der Waals surface area contributed by atoms with Crippen LogP contribution in [0.15, 0.2) is 0 Å². The molecule has 0 aromatic heterocycles. The van der Waals surface area contributed by atoms with Gasteiger partial charge in [0.25, 0.3) is 0 Å². The van der Waals surface area contributed by atoms with Gasteiger partial charge in [0.05, 0.1) is 0 Å². The number of hydrogen-bond acceptors (Lipinski definition) is 3. The number of rotatable bonds is 8. The summed E-state index contributed by atoms with van der Waals surface area (Å²) < 4.78 is 0. The van der Waals surface area contributed by atoms with E-state index in [1.807, 2.05) is 41.5 Å². The van der Waals surface area contributed by atoms with E-state index in [9.17, 15) is 9.59 Å². The predicted octanol–water partition coefficient (Wildman–Crippen LogP) is 2.96. The van der Waals surface area contributed by atoms with Crippen molar-refractivity contribution >= 4 is 11.6 Å². The van der Waals surface area contributed by atoms with Crippen molar-refractivity contribution in [3.63, 3.8) is 0 Å². The molecule has 0 fully saturated rings. The normalized spacial score (nSPS) is 12.6. The van der Waals surface area contributed by atoms with Crippen LogP contribution in [0.25, 0.3) is 0 Å². The molecule has 0 aromatic rings. The van der Waals surface area contributed by atoms with Gasteiger partial charge in [0, 0.05) is 12.8 Å². The van der Waals surface area contributed by atoms with Crippen LogP contribution in [-0.2, 0) is 9.59 Å².